The Morgan fingerprint density at radius 2 is 1.76 bits per heavy atom. The Bertz CT molecular complexity index is 542. The number of carboxylic acids is 1. The van der Waals surface area contributed by atoms with Gasteiger partial charge in [0.1, 0.15) is 0 Å². The number of carbonyl (C=O) groups excluding carboxylic acids is 1. The zero-order valence-corrected chi connectivity index (χ0v) is 13.1. The van der Waals surface area contributed by atoms with Crippen molar-refractivity contribution in [2.24, 2.45) is 17.8 Å². The highest BCUT2D eigenvalue weighted by Gasteiger charge is 2.42. The Kier molecular flexibility index (Phi) is 5.12. The third-order valence-electron chi connectivity index (χ3n) is 4.02. The smallest absolute Gasteiger partial charge is 0.307 e. The number of amides is 1. The van der Waals surface area contributed by atoms with Crippen LogP contribution in [-0.4, -0.2) is 17.0 Å². The fourth-order valence-electron chi connectivity index (χ4n) is 2.90. The molecule has 1 fully saturated rings. The molecule has 4 nitrogen and oxygen atoms in total. The first-order valence-corrected chi connectivity index (χ1v) is 7.66. The summed E-state index contributed by atoms with van der Waals surface area (Å²) in [7, 11) is 0. The van der Waals surface area contributed by atoms with E-state index < -0.39 is 17.8 Å². The summed E-state index contributed by atoms with van der Waals surface area (Å²) in [4.78, 5) is 23.7. The number of halogens is 2. The molecule has 0 aliphatic heterocycles. The van der Waals surface area contributed by atoms with Crippen LogP contribution >= 0.6 is 23.2 Å². The van der Waals surface area contributed by atoms with Gasteiger partial charge >= 0.3 is 5.97 Å². The second kappa shape index (κ2) is 6.67. The molecule has 1 saturated carbocycles. The fraction of sp³-hybridized carbons (Fsp3) is 0.467. The molecule has 3 unspecified atom stereocenters. The maximum atomic E-state index is 12.4. The summed E-state index contributed by atoms with van der Waals surface area (Å²) in [6.07, 6.45) is 2.05. The lowest BCUT2D eigenvalue weighted by Crippen LogP contribution is -2.30. The molecule has 0 radical (unpaired) electrons. The van der Waals surface area contributed by atoms with Gasteiger partial charge in [0, 0.05) is 15.7 Å². The maximum Gasteiger partial charge on any atom is 0.307 e. The Morgan fingerprint density at radius 1 is 1.19 bits per heavy atom. The predicted octanol–water partition coefficient (Wildman–Crippen LogP) is 4.07. The monoisotopic (exact) mass is 329 g/mol. The van der Waals surface area contributed by atoms with E-state index in [1.54, 1.807) is 18.2 Å². The first-order chi connectivity index (χ1) is 9.90. The van der Waals surface area contributed by atoms with Crippen LogP contribution in [0.5, 0.6) is 0 Å². The van der Waals surface area contributed by atoms with Gasteiger partial charge in [-0.25, -0.2) is 0 Å². The van der Waals surface area contributed by atoms with E-state index in [4.69, 9.17) is 23.2 Å². The molecule has 0 aromatic heterocycles. The molecular formula is C15H17Cl2NO3. The van der Waals surface area contributed by atoms with Crippen LogP contribution in [0.25, 0.3) is 0 Å². The van der Waals surface area contributed by atoms with Crippen molar-refractivity contribution in [1.82, 2.24) is 0 Å². The molecule has 1 aliphatic rings. The largest absolute Gasteiger partial charge is 0.481 e. The van der Waals surface area contributed by atoms with Gasteiger partial charge in [0.05, 0.1) is 11.8 Å². The molecule has 2 rings (SSSR count). The summed E-state index contributed by atoms with van der Waals surface area (Å²) in [5.41, 5.74) is 0.488. The van der Waals surface area contributed by atoms with Crippen LogP contribution in [0, 0.1) is 17.8 Å². The van der Waals surface area contributed by atoms with Gasteiger partial charge in [0.25, 0.3) is 0 Å². The fourth-order valence-corrected chi connectivity index (χ4v) is 3.43. The Balaban J connectivity index is 2.13. The first-order valence-electron chi connectivity index (χ1n) is 6.90. The highest BCUT2D eigenvalue weighted by Crippen LogP contribution is 2.39. The second-order valence-corrected chi connectivity index (χ2v) is 6.32. The summed E-state index contributed by atoms with van der Waals surface area (Å²) >= 11 is 11.8. The second-order valence-electron chi connectivity index (χ2n) is 5.44. The number of carboxylic acid groups (broad SMARTS) is 1. The van der Waals surface area contributed by atoms with E-state index in [0.717, 1.165) is 6.42 Å². The number of carbonyl (C=O) groups is 2. The summed E-state index contributed by atoms with van der Waals surface area (Å²) in [5.74, 6) is -2.04. The molecule has 3 atom stereocenters. The minimum Gasteiger partial charge on any atom is -0.481 e. The third kappa shape index (κ3) is 3.89. The maximum absolute atomic E-state index is 12.4. The quantitative estimate of drug-likeness (QED) is 0.874. The van der Waals surface area contributed by atoms with E-state index in [2.05, 4.69) is 5.32 Å². The molecule has 1 amide bonds. The standard InChI is InChI=1S/C15H17Cl2NO3/c1-2-8-3-12(13(4-8)15(20)21)14(19)18-11-6-9(16)5-10(17)7-11/h5-8,12-13H,2-4H2,1H3,(H,18,19)(H,20,21). The van der Waals surface area contributed by atoms with Crippen molar-refractivity contribution in [1.29, 1.82) is 0 Å². The van der Waals surface area contributed by atoms with E-state index in [9.17, 15) is 14.7 Å². The summed E-state index contributed by atoms with van der Waals surface area (Å²) in [6, 6.07) is 4.75. The van der Waals surface area contributed by atoms with Crippen molar-refractivity contribution in [2.45, 2.75) is 26.2 Å². The van der Waals surface area contributed by atoms with Crippen LogP contribution in [-0.2, 0) is 9.59 Å². The van der Waals surface area contributed by atoms with Crippen LogP contribution in [0.1, 0.15) is 26.2 Å². The Hall–Kier alpha value is -1.26. The van der Waals surface area contributed by atoms with Gasteiger partial charge in [-0.15, -0.1) is 0 Å². The first kappa shape index (κ1) is 16.1. The molecule has 2 N–H and O–H groups in total. The number of rotatable bonds is 4. The average molecular weight is 330 g/mol. The zero-order chi connectivity index (χ0) is 15.6. The third-order valence-corrected chi connectivity index (χ3v) is 4.46. The van der Waals surface area contributed by atoms with Crippen molar-refractivity contribution in [3.63, 3.8) is 0 Å². The minimum atomic E-state index is -0.907. The van der Waals surface area contributed by atoms with Crippen LogP contribution < -0.4 is 5.32 Å². The summed E-state index contributed by atoms with van der Waals surface area (Å²) < 4.78 is 0. The van der Waals surface area contributed by atoms with Gasteiger partial charge in [0.15, 0.2) is 0 Å². The molecule has 1 aromatic rings. The summed E-state index contributed by atoms with van der Waals surface area (Å²) in [6.45, 7) is 2.01. The lowest BCUT2D eigenvalue weighted by atomic mass is 9.95. The molecule has 114 valence electrons. The van der Waals surface area contributed by atoms with E-state index >= 15 is 0 Å². The SMILES string of the molecule is CCC1CC(C(=O)O)C(C(=O)Nc2cc(Cl)cc(Cl)c2)C1. The van der Waals surface area contributed by atoms with Crippen LogP contribution in [0.3, 0.4) is 0 Å². The van der Waals surface area contributed by atoms with E-state index in [-0.39, 0.29) is 11.8 Å². The predicted molar refractivity (Wildman–Crippen MR) is 82.7 cm³/mol. The van der Waals surface area contributed by atoms with E-state index in [1.165, 1.54) is 0 Å². The zero-order valence-electron chi connectivity index (χ0n) is 11.6. The Morgan fingerprint density at radius 3 is 2.29 bits per heavy atom. The molecular weight excluding hydrogens is 313 g/mol. The lowest BCUT2D eigenvalue weighted by molar-refractivity contribution is -0.145. The van der Waals surface area contributed by atoms with Gasteiger partial charge in [0.2, 0.25) is 5.91 Å². The van der Waals surface area contributed by atoms with Crippen molar-refractivity contribution >= 4 is 40.8 Å². The number of benzene rings is 1. The van der Waals surface area contributed by atoms with Gasteiger partial charge < -0.3 is 10.4 Å². The van der Waals surface area contributed by atoms with Crippen molar-refractivity contribution in [2.75, 3.05) is 5.32 Å². The number of nitrogens with one attached hydrogen (secondary N) is 1. The molecule has 6 heteroatoms. The van der Waals surface area contributed by atoms with Crippen molar-refractivity contribution in [3.05, 3.63) is 28.2 Å². The van der Waals surface area contributed by atoms with E-state index in [1.807, 2.05) is 6.92 Å². The molecule has 0 spiro atoms. The van der Waals surface area contributed by atoms with Gasteiger partial charge in [-0.05, 0) is 37.0 Å². The Labute approximate surface area is 133 Å². The van der Waals surface area contributed by atoms with Gasteiger partial charge in [-0.3, -0.25) is 9.59 Å². The normalized spacial score (nSPS) is 24.8. The lowest BCUT2D eigenvalue weighted by Gasteiger charge is -2.15. The molecule has 0 saturated heterocycles. The number of aliphatic carboxylic acids is 1. The number of hydrogen-bond donors (Lipinski definition) is 2. The van der Waals surface area contributed by atoms with Crippen LogP contribution in [0.15, 0.2) is 18.2 Å². The van der Waals surface area contributed by atoms with Crippen LogP contribution in [0.4, 0.5) is 5.69 Å². The van der Waals surface area contributed by atoms with Crippen molar-refractivity contribution < 1.29 is 14.7 Å². The molecule has 0 bridgehead atoms. The molecule has 0 heterocycles. The molecule has 21 heavy (non-hydrogen) atoms. The van der Waals surface area contributed by atoms with Crippen molar-refractivity contribution in [3.8, 4) is 0 Å². The van der Waals surface area contributed by atoms with Gasteiger partial charge in [-0.1, -0.05) is 36.5 Å². The highest BCUT2D eigenvalue weighted by atomic mass is 35.5. The molecule has 1 aromatic carbocycles. The topological polar surface area (TPSA) is 66.4 Å². The highest BCUT2D eigenvalue weighted by molar-refractivity contribution is 6.35. The summed E-state index contributed by atoms with van der Waals surface area (Å²) in [5, 5.41) is 12.8. The van der Waals surface area contributed by atoms with E-state index in [0.29, 0.717) is 28.6 Å². The number of hydrogen-bond acceptors (Lipinski definition) is 2. The van der Waals surface area contributed by atoms with Crippen LogP contribution in [0.2, 0.25) is 10.0 Å². The number of anilines is 1. The average Bonchev–Trinajstić information content (AvgIpc) is 2.81. The van der Waals surface area contributed by atoms with Gasteiger partial charge in [-0.2, -0.15) is 0 Å². The minimum absolute atomic E-state index is 0.281. The molecule has 1 aliphatic carbocycles.